The van der Waals surface area contributed by atoms with Crippen molar-refractivity contribution in [1.29, 1.82) is 0 Å². The number of benzene rings is 1. The Bertz CT molecular complexity index is 1160. The van der Waals surface area contributed by atoms with E-state index in [1.54, 1.807) is 25.7 Å². The lowest BCUT2D eigenvalue weighted by atomic mass is 10.1. The summed E-state index contributed by atoms with van der Waals surface area (Å²) in [6, 6.07) is 9.50. The molecule has 1 fully saturated rings. The molecule has 10 nitrogen and oxygen atoms in total. The minimum Gasteiger partial charge on any atom is -0.444 e. The number of anilines is 2. The average Bonchev–Trinajstić information content (AvgIpc) is 2.92. The molecule has 11 heteroatoms. The Morgan fingerprint density at radius 1 is 1.07 bits per heavy atom. The van der Waals surface area contributed by atoms with Gasteiger partial charge in [0.25, 0.3) is 0 Å². The summed E-state index contributed by atoms with van der Waals surface area (Å²) < 4.78 is 5.32. The van der Waals surface area contributed by atoms with E-state index in [2.05, 4.69) is 45.7 Å². The number of ether oxygens (including phenoxy) is 1. The standard InChI is InChI=1S/C29H45N7O3S/c1-7-23(33-28(38)39-29(4,5)6)26(37)36-18-16-35(17-19-36)25-13-10-21-20-22(11-12-24(21)32-25)31-27(40)30-14-15-34(8-2)9-3/h10-13,20,23H,7-9,14-19H2,1-6H3,(H,33,38)(H2,30,31,40)/t23-/m0/s1. The molecule has 2 heterocycles. The second-order valence-corrected chi connectivity index (χ2v) is 11.3. The fraction of sp³-hybridized carbons (Fsp3) is 0.586. The highest BCUT2D eigenvalue weighted by Gasteiger charge is 2.29. The Morgan fingerprint density at radius 3 is 2.40 bits per heavy atom. The Kier molecular flexibility index (Phi) is 11.3. The van der Waals surface area contributed by atoms with Crippen LogP contribution in [0.25, 0.3) is 10.9 Å². The van der Waals surface area contributed by atoms with Gasteiger partial charge in [-0.15, -0.1) is 0 Å². The topological polar surface area (TPSA) is 102 Å². The summed E-state index contributed by atoms with van der Waals surface area (Å²) in [5, 5.41) is 10.9. The second kappa shape index (κ2) is 14.5. The van der Waals surface area contributed by atoms with Gasteiger partial charge in [0.05, 0.1) is 5.52 Å². The molecule has 0 saturated carbocycles. The highest BCUT2D eigenvalue weighted by molar-refractivity contribution is 7.80. The summed E-state index contributed by atoms with van der Waals surface area (Å²) in [5.74, 6) is 0.799. The highest BCUT2D eigenvalue weighted by Crippen LogP contribution is 2.23. The first-order chi connectivity index (χ1) is 19.0. The number of piperazine rings is 1. The third kappa shape index (κ3) is 9.19. The molecule has 0 aliphatic carbocycles. The predicted octanol–water partition coefficient (Wildman–Crippen LogP) is 3.81. The fourth-order valence-electron chi connectivity index (χ4n) is 4.58. The normalized spacial score (nSPS) is 14.7. The molecule has 2 aromatic rings. The zero-order chi connectivity index (χ0) is 29.3. The van der Waals surface area contributed by atoms with Gasteiger partial charge in [-0.25, -0.2) is 9.78 Å². The Labute approximate surface area is 243 Å². The van der Waals surface area contributed by atoms with Crippen LogP contribution in [-0.2, 0) is 9.53 Å². The second-order valence-electron chi connectivity index (χ2n) is 10.9. The van der Waals surface area contributed by atoms with Crippen molar-refractivity contribution in [2.45, 2.75) is 59.6 Å². The van der Waals surface area contributed by atoms with Crippen LogP contribution in [-0.4, -0.2) is 95.9 Å². The molecule has 1 saturated heterocycles. The van der Waals surface area contributed by atoms with Crippen LogP contribution in [0.1, 0.15) is 48.0 Å². The van der Waals surface area contributed by atoms with E-state index in [0.717, 1.165) is 48.6 Å². The largest absolute Gasteiger partial charge is 0.444 e. The number of nitrogens with zero attached hydrogens (tertiary/aromatic N) is 4. The molecule has 0 bridgehead atoms. The lowest BCUT2D eigenvalue weighted by Gasteiger charge is -2.37. The van der Waals surface area contributed by atoms with E-state index in [1.807, 2.05) is 31.2 Å². The van der Waals surface area contributed by atoms with Crippen molar-refractivity contribution in [2.75, 3.05) is 62.6 Å². The van der Waals surface area contributed by atoms with E-state index in [4.69, 9.17) is 21.9 Å². The van der Waals surface area contributed by atoms with Gasteiger partial charge in [-0.3, -0.25) is 4.79 Å². The van der Waals surface area contributed by atoms with Crippen LogP contribution in [0, 0.1) is 0 Å². The van der Waals surface area contributed by atoms with Gasteiger partial charge >= 0.3 is 6.09 Å². The van der Waals surface area contributed by atoms with Gasteiger partial charge in [0, 0.05) is 50.3 Å². The molecular formula is C29H45N7O3S. The van der Waals surface area contributed by atoms with E-state index in [9.17, 15) is 9.59 Å². The first-order valence-corrected chi connectivity index (χ1v) is 14.6. The monoisotopic (exact) mass is 571 g/mol. The lowest BCUT2D eigenvalue weighted by Crippen LogP contribution is -2.55. The number of hydrogen-bond donors (Lipinski definition) is 3. The van der Waals surface area contributed by atoms with Gasteiger partial charge in [-0.2, -0.15) is 0 Å². The summed E-state index contributed by atoms with van der Waals surface area (Å²) in [7, 11) is 0. The van der Waals surface area contributed by atoms with Crippen molar-refractivity contribution in [3.8, 4) is 0 Å². The van der Waals surface area contributed by atoms with Gasteiger partial charge in [-0.1, -0.05) is 20.8 Å². The minimum atomic E-state index is -0.614. The summed E-state index contributed by atoms with van der Waals surface area (Å²) in [5.41, 5.74) is 1.20. The van der Waals surface area contributed by atoms with Crippen LogP contribution in [0.2, 0.25) is 0 Å². The number of carbonyl (C=O) groups is 2. The average molecular weight is 572 g/mol. The van der Waals surface area contributed by atoms with Crippen molar-refractivity contribution in [3.05, 3.63) is 30.3 Å². The molecule has 1 aliphatic rings. The smallest absolute Gasteiger partial charge is 0.408 e. The maximum Gasteiger partial charge on any atom is 0.408 e. The zero-order valence-electron chi connectivity index (χ0n) is 24.7. The molecule has 40 heavy (non-hydrogen) atoms. The molecule has 3 rings (SSSR count). The highest BCUT2D eigenvalue weighted by atomic mass is 32.1. The van der Waals surface area contributed by atoms with Crippen LogP contribution in [0.3, 0.4) is 0 Å². The SMILES string of the molecule is CC[C@H](NC(=O)OC(C)(C)C)C(=O)N1CCN(c2ccc3cc(NC(=S)NCCN(CC)CC)ccc3n2)CC1. The number of amides is 2. The molecule has 0 spiro atoms. The quantitative estimate of drug-likeness (QED) is 0.368. The maximum atomic E-state index is 13.1. The van der Waals surface area contributed by atoms with Crippen LogP contribution in [0.15, 0.2) is 30.3 Å². The number of nitrogens with one attached hydrogen (secondary N) is 3. The number of carbonyl (C=O) groups excluding carboxylic acids is 2. The van der Waals surface area contributed by atoms with E-state index in [1.165, 1.54) is 0 Å². The molecule has 1 aliphatic heterocycles. The van der Waals surface area contributed by atoms with Gasteiger partial charge in [0.1, 0.15) is 17.5 Å². The fourth-order valence-corrected chi connectivity index (χ4v) is 4.80. The Hall–Kier alpha value is -3.18. The van der Waals surface area contributed by atoms with E-state index < -0.39 is 17.7 Å². The number of pyridine rings is 1. The van der Waals surface area contributed by atoms with E-state index in [-0.39, 0.29) is 5.91 Å². The van der Waals surface area contributed by atoms with Crippen LogP contribution < -0.4 is 20.9 Å². The number of likely N-dealkylation sites (N-methyl/N-ethyl adjacent to an activating group) is 1. The van der Waals surface area contributed by atoms with E-state index >= 15 is 0 Å². The van der Waals surface area contributed by atoms with Crippen molar-refractivity contribution in [1.82, 2.24) is 25.4 Å². The van der Waals surface area contributed by atoms with Gasteiger partial charge in [0.15, 0.2) is 5.11 Å². The molecule has 1 atom stereocenters. The summed E-state index contributed by atoms with van der Waals surface area (Å²) >= 11 is 5.46. The third-order valence-corrected chi connectivity index (χ3v) is 7.10. The van der Waals surface area contributed by atoms with Crippen molar-refractivity contribution in [2.24, 2.45) is 0 Å². The molecule has 220 valence electrons. The number of hydrogen-bond acceptors (Lipinski definition) is 7. The number of rotatable bonds is 10. The molecule has 2 amide bonds. The third-order valence-electron chi connectivity index (χ3n) is 6.85. The number of aromatic nitrogens is 1. The van der Waals surface area contributed by atoms with Crippen molar-refractivity contribution >= 4 is 51.7 Å². The first-order valence-electron chi connectivity index (χ1n) is 14.2. The Balaban J connectivity index is 1.53. The molecular weight excluding hydrogens is 526 g/mol. The molecule has 1 aromatic heterocycles. The summed E-state index contributed by atoms with van der Waals surface area (Å²) in [6.45, 7) is 17.9. The lowest BCUT2D eigenvalue weighted by molar-refractivity contribution is -0.133. The van der Waals surface area contributed by atoms with Gasteiger partial charge in [0.2, 0.25) is 5.91 Å². The molecule has 3 N–H and O–H groups in total. The van der Waals surface area contributed by atoms with Crippen molar-refractivity contribution < 1.29 is 14.3 Å². The number of fused-ring (bicyclic) bond motifs is 1. The summed E-state index contributed by atoms with van der Waals surface area (Å²) in [4.78, 5) is 36.5. The molecule has 0 radical (unpaired) electrons. The van der Waals surface area contributed by atoms with Gasteiger partial charge in [-0.05, 0) is 82.8 Å². The first kappa shape index (κ1) is 31.3. The number of alkyl carbamates (subject to hydrolysis) is 1. The maximum absolute atomic E-state index is 13.1. The number of thiocarbonyl (C=S) groups is 1. The Morgan fingerprint density at radius 2 is 1.77 bits per heavy atom. The zero-order valence-corrected chi connectivity index (χ0v) is 25.6. The van der Waals surface area contributed by atoms with Crippen molar-refractivity contribution in [3.63, 3.8) is 0 Å². The molecule has 0 unspecified atom stereocenters. The summed E-state index contributed by atoms with van der Waals surface area (Å²) in [6.07, 6.45) is -0.0724. The van der Waals surface area contributed by atoms with E-state index in [0.29, 0.717) is 37.7 Å². The molecule has 1 aromatic carbocycles. The van der Waals surface area contributed by atoms with Crippen LogP contribution >= 0.6 is 12.2 Å². The predicted molar refractivity (Wildman–Crippen MR) is 166 cm³/mol. The van der Waals surface area contributed by atoms with Crippen LogP contribution in [0.5, 0.6) is 0 Å². The minimum absolute atomic E-state index is 0.0834. The van der Waals surface area contributed by atoms with Gasteiger partial charge < -0.3 is 35.4 Å². The van der Waals surface area contributed by atoms with Crippen LogP contribution in [0.4, 0.5) is 16.3 Å².